The molecular weight excluding hydrogens is 234 g/mol. The largest absolute Gasteiger partial charge is 0.490 e. The van der Waals surface area contributed by atoms with Gasteiger partial charge in [-0.1, -0.05) is 32.0 Å². The quantitative estimate of drug-likeness (QED) is 0.837. The minimum absolute atomic E-state index is 0.385. The predicted molar refractivity (Wildman–Crippen MR) is 80.8 cm³/mol. The molecule has 0 amide bonds. The van der Waals surface area contributed by atoms with E-state index in [1.165, 1.54) is 31.2 Å². The third kappa shape index (κ3) is 4.24. The van der Waals surface area contributed by atoms with Gasteiger partial charge in [-0.05, 0) is 56.7 Å². The van der Waals surface area contributed by atoms with Gasteiger partial charge >= 0.3 is 0 Å². The van der Waals surface area contributed by atoms with Gasteiger partial charge in [-0.3, -0.25) is 0 Å². The maximum Gasteiger partial charge on any atom is 0.122 e. The SMILES string of the molecule is CCCNC1CCCC(Oc2ccccc2CC)C1. The average molecular weight is 261 g/mol. The fraction of sp³-hybridized carbons (Fsp3) is 0.647. The number of ether oxygens (including phenoxy) is 1. The lowest BCUT2D eigenvalue weighted by Crippen LogP contribution is -2.38. The van der Waals surface area contributed by atoms with Crippen molar-refractivity contribution in [3.05, 3.63) is 29.8 Å². The van der Waals surface area contributed by atoms with Crippen LogP contribution in [0.25, 0.3) is 0 Å². The Kier molecular flexibility index (Phi) is 5.71. The number of nitrogens with one attached hydrogen (secondary N) is 1. The number of benzene rings is 1. The average Bonchev–Trinajstić information content (AvgIpc) is 2.46. The maximum absolute atomic E-state index is 6.25. The van der Waals surface area contributed by atoms with E-state index < -0.39 is 0 Å². The molecule has 1 saturated carbocycles. The van der Waals surface area contributed by atoms with Crippen LogP contribution in [0.3, 0.4) is 0 Å². The van der Waals surface area contributed by atoms with E-state index in [0.29, 0.717) is 12.1 Å². The molecule has 1 aromatic carbocycles. The first-order chi connectivity index (χ1) is 9.33. The van der Waals surface area contributed by atoms with Crippen molar-refractivity contribution in [1.82, 2.24) is 5.32 Å². The first-order valence-corrected chi connectivity index (χ1v) is 7.81. The lowest BCUT2D eigenvalue weighted by molar-refractivity contribution is 0.133. The Balaban J connectivity index is 1.91. The second-order valence-electron chi connectivity index (χ2n) is 5.52. The molecular formula is C17H27NO. The first-order valence-electron chi connectivity index (χ1n) is 7.81. The van der Waals surface area contributed by atoms with Gasteiger partial charge in [0.15, 0.2) is 0 Å². The molecule has 0 aliphatic heterocycles. The number of hydrogen-bond donors (Lipinski definition) is 1. The topological polar surface area (TPSA) is 21.3 Å². The molecule has 0 saturated heterocycles. The Morgan fingerprint density at radius 3 is 2.84 bits per heavy atom. The summed E-state index contributed by atoms with van der Waals surface area (Å²) in [7, 11) is 0. The van der Waals surface area contributed by atoms with Gasteiger partial charge in [0.25, 0.3) is 0 Å². The Morgan fingerprint density at radius 1 is 1.21 bits per heavy atom. The molecule has 1 fully saturated rings. The van der Waals surface area contributed by atoms with Gasteiger partial charge in [0.1, 0.15) is 11.9 Å². The van der Waals surface area contributed by atoms with Gasteiger partial charge < -0.3 is 10.1 Å². The monoisotopic (exact) mass is 261 g/mol. The molecule has 2 unspecified atom stereocenters. The van der Waals surface area contributed by atoms with Crippen LogP contribution in [0.2, 0.25) is 0 Å². The lowest BCUT2D eigenvalue weighted by atomic mass is 9.92. The van der Waals surface area contributed by atoms with Gasteiger partial charge in [-0.25, -0.2) is 0 Å². The summed E-state index contributed by atoms with van der Waals surface area (Å²) in [6.07, 6.45) is 7.56. The summed E-state index contributed by atoms with van der Waals surface area (Å²) < 4.78 is 6.25. The van der Waals surface area contributed by atoms with Crippen molar-refractivity contribution in [2.24, 2.45) is 0 Å². The first kappa shape index (κ1) is 14.4. The van der Waals surface area contributed by atoms with Crippen LogP contribution in [0.4, 0.5) is 0 Å². The van der Waals surface area contributed by atoms with Gasteiger partial charge in [-0.15, -0.1) is 0 Å². The van der Waals surface area contributed by atoms with E-state index in [-0.39, 0.29) is 0 Å². The molecule has 0 bridgehead atoms. The minimum Gasteiger partial charge on any atom is -0.490 e. The van der Waals surface area contributed by atoms with Crippen LogP contribution < -0.4 is 10.1 Å². The van der Waals surface area contributed by atoms with Gasteiger partial charge in [0.05, 0.1) is 0 Å². The van der Waals surface area contributed by atoms with Crippen molar-refractivity contribution in [2.45, 2.75) is 64.5 Å². The van der Waals surface area contributed by atoms with E-state index in [2.05, 4.69) is 43.4 Å². The second-order valence-corrected chi connectivity index (χ2v) is 5.52. The molecule has 106 valence electrons. The Hall–Kier alpha value is -1.02. The molecule has 0 heterocycles. The Bertz CT molecular complexity index is 377. The highest BCUT2D eigenvalue weighted by Crippen LogP contribution is 2.26. The Labute approximate surface area is 117 Å². The molecule has 0 aromatic heterocycles. The fourth-order valence-electron chi connectivity index (χ4n) is 2.88. The van der Waals surface area contributed by atoms with Crippen molar-refractivity contribution in [3.8, 4) is 5.75 Å². The van der Waals surface area contributed by atoms with Crippen LogP contribution in [0.5, 0.6) is 5.75 Å². The zero-order valence-electron chi connectivity index (χ0n) is 12.3. The Morgan fingerprint density at radius 2 is 2.05 bits per heavy atom. The summed E-state index contributed by atoms with van der Waals surface area (Å²) in [6.45, 7) is 5.54. The number of rotatable bonds is 6. The van der Waals surface area contributed by atoms with Crippen molar-refractivity contribution in [1.29, 1.82) is 0 Å². The van der Waals surface area contributed by atoms with Gasteiger partial charge in [0.2, 0.25) is 0 Å². The summed E-state index contributed by atoms with van der Waals surface area (Å²) in [5.74, 6) is 1.09. The third-order valence-corrected chi connectivity index (χ3v) is 3.96. The van der Waals surface area contributed by atoms with Gasteiger partial charge in [-0.2, -0.15) is 0 Å². The van der Waals surface area contributed by atoms with Crippen LogP contribution in [0.15, 0.2) is 24.3 Å². The number of aryl methyl sites for hydroxylation is 1. The predicted octanol–water partition coefficient (Wildman–Crippen LogP) is 3.94. The molecule has 1 N–H and O–H groups in total. The minimum atomic E-state index is 0.385. The van der Waals surface area contributed by atoms with Crippen LogP contribution in [-0.2, 0) is 6.42 Å². The van der Waals surface area contributed by atoms with Gasteiger partial charge in [0, 0.05) is 6.04 Å². The number of para-hydroxylation sites is 1. The normalized spacial score (nSPS) is 23.3. The highest BCUT2D eigenvalue weighted by atomic mass is 16.5. The second kappa shape index (κ2) is 7.54. The summed E-state index contributed by atoms with van der Waals surface area (Å²) in [6, 6.07) is 9.10. The van der Waals surface area contributed by atoms with Crippen LogP contribution in [-0.4, -0.2) is 18.7 Å². The highest BCUT2D eigenvalue weighted by Gasteiger charge is 2.23. The van der Waals surface area contributed by atoms with Crippen molar-refractivity contribution in [3.63, 3.8) is 0 Å². The fourth-order valence-corrected chi connectivity index (χ4v) is 2.88. The zero-order chi connectivity index (χ0) is 13.5. The maximum atomic E-state index is 6.25. The molecule has 2 heteroatoms. The zero-order valence-corrected chi connectivity index (χ0v) is 12.3. The smallest absolute Gasteiger partial charge is 0.122 e. The van der Waals surface area contributed by atoms with E-state index in [1.807, 2.05) is 0 Å². The molecule has 2 nitrogen and oxygen atoms in total. The van der Waals surface area contributed by atoms with E-state index in [9.17, 15) is 0 Å². The molecule has 0 spiro atoms. The summed E-state index contributed by atoms with van der Waals surface area (Å²) >= 11 is 0. The molecule has 1 aliphatic rings. The summed E-state index contributed by atoms with van der Waals surface area (Å²) in [4.78, 5) is 0. The molecule has 1 aliphatic carbocycles. The van der Waals surface area contributed by atoms with E-state index in [0.717, 1.165) is 25.1 Å². The van der Waals surface area contributed by atoms with E-state index in [1.54, 1.807) is 0 Å². The van der Waals surface area contributed by atoms with Crippen LogP contribution in [0.1, 0.15) is 51.5 Å². The molecule has 0 radical (unpaired) electrons. The van der Waals surface area contributed by atoms with Crippen molar-refractivity contribution >= 4 is 0 Å². The third-order valence-electron chi connectivity index (χ3n) is 3.96. The van der Waals surface area contributed by atoms with Crippen LogP contribution >= 0.6 is 0 Å². The molecule has 2 atom stereocenters. The van der Waals surface area contributed by atoms with Crippen molar-refractivity contribution < 1.29 is 4.74 Å². The summed E-state index contributed by atoms with van der Waals surface area (Å²) in [5.41, 5.74) is 1.33. The summed E-state index contributed by atoms with van der Waals surface area (Å²) in [5, 5.41) is 3.64. The molecule has 19 heavy (non-hydrogen) atoms. The van der Waals surface area contributed by atoms with E-state index >= 15 is 0 Å². The molecule has 2 rings (SSSR count). The van der Waals surface area contributed by atoms with E-state index in [4.69, 9.17) is 4.74 Å². The number of hydrogen-bond acceptors (Lipinski definition) is 2. The standard InChI is InChI=1S/C17H27NO/c1-3-12-18-15-9-7-10-16(13-15)19-17-11-6-5-8-14(17)4-2/h5-6,8,11,15-16,18H,3-4,7,9-10,12-13H2,1-2H3. The van der Waals surface area contributed by atoms with Crippen LogP contribution in [0, 0.1) is 0 Å². The molecule has 1 aromatic rings. The van der Waals surface area contributed by atoms with Crippen molar-refractivity contribution in [2.75, 3.05) is 6.54 Å². The lowest BCUT2D eigenvalue weighted by Gasteiger charge is -2.30. The highest BCUT2D eigenvalue weighted by molar-refractivity contribution is 5.33.